The fourth-order valence-electron chi connectivity index (χ4n) is 1.96. The Morgan fingerprint density at radius 3 is 2.62 bits per heavy atom. The van der Waals surface area contributed by atoms with Gasteiger partial charge < -0.3 is 19.9 Å². The lowest BCUT2D eigenvalue weighted by Crippen LogP contribution is -2.03. The maximum Gasteiger partial charge on any atom is 0.160 e. The van der Waals surface area contributed by atoms with Gasteiger partial charge in [0.2, 0.25) is 0 Å². The first kappa shape index (κ1) is 15.0. The fraction of sp³-hybridized carbons (Fsp3) is 0.250. The zero-order valence-electron chi connectivity index (χ0n) is 12.0. The Hall–Kier alpha value is -2.43. The van der Waals surface area contributed by atoms with E-state index in [0.29, 0.717) is 30.3 Å². The van der Waals surface area contributed by atoms with Crippen molar-refractivity contribution < 1.29 is 19.0 Å². The highest BCUT2D eigenvalue weighted by atomic mass is 19.1. The number of halogens is 1. The van der Waals surface area contributed by atoms with E-state index in [1.165, 1.54) is 19.2 Å². The lowest BCUT2D eigenvalue weighted by Gasteiger charge is -2.13. The lowest BCUT2D eigenvalue weighted by molar-refractivity contribution is 0.340. The summed E-state index contributed by atoms with van der Waals surface area (Å²) in [4.78, 5) is 0. The molecule has 2 rings (SSSR count). The second-order valence-corrected chi connectivity index (χ2v) is 4.43. The van der Waals surface area contributed by atoms with Crippen LogP contribution in [0.1, 0.15) is 12.5 Å². The van der Waals surface area contributed by atoms with Crippen molar-refractivity contribution in [2.24, 2.45) is 0 Å². The zero-order chi connectivity index (χ0) is 15.2. The Morgan fingerprint density at radius 2 is 1.95 bits per heavy atom. The van der Waals surface area contributed by atoms with Gasteiger partial charge in [-0.1, -0.05) is 6.07 Å². The van der Waals surface area contributed by atoms with Gasteiger partial charge in [0.05, 0.1) is 19.4 Å². The number of rotatable bonds is 6. The molecule has 0 heterocycles. The van der Waals surface area contributed by atoms with Crippen molar-refractivity contribution in [3.63, 3.8) is 0 Å². The van der Waals surface area contributed by atoms with E-state index in [1.54, 1.807) is 18.2 Å². The molecule has 5 heteroatoms. The van der Waals surface area contributed by atoms with Crippen LogP contribution < -0.4 is 14.8 Å². The van der Waals surface area contributed by atoms with E-state index in [-0.39, 0.29) is 11.6 Å². The van der Waals surface area contributed by atoms with Gasteiger partial charge in [-0.15, -0.1) is 0 Å². The number of methoxy groups -OCH3 is 1. The van der Waals surface area contributed by atoms with Gasteiger partial charge in [0.1, 0.15) is 11.6 Å². The summed E-state index contributed by atoms with van der Waals surface area (Å²) in [6.45, 7) is 2.78. The first-order chi connectivity index (χ1) is 10.1. The van der Waals surface area contributed by atoms with Gasteiger partial charge in [-0.2, -0.15) is 0 Å². The van der Waals surface area contributed by atoms with Gasteiger partial charge >= 0.3 is 0 Å². The van der Waals surface area contributed by atoms with Crippen molar-refractivity contribution in [3.05, 3.63) is 47.8 Å². The molecule has 2 N–H and O–H groups in total. The number of aromatic hydroxyl groups is 1. The number of ether oxygens (including phenoxy) is 2. The summed E-state index contributed by atoms with van der Waals surface area (Å²) in [5.74, 6) is 0.637. The third-order valence-electron chi connectivity index (χ3n) is 2.97. The molecule has 0 saturated carbocycles. The van der Waals surface area contributed by atoms with Crippen LogP contribution in [-0.4, -0.2) is 18.8 Å². The minimum Gasteiger partial charge on any atom is -0.504 e. The molecule has 4 nitrogen and oxygen atoms in total. The van der Waals surface area contributed by atoms with Gasteiger partial charge in [0, 0.05) is 12.6 Å². The van der Waals surface area contributed by atoms with Crippen LogP contribution in [0.5, 0.6) is 17.2 Å². The Bertz CT molecular complexity index is 616. The summed E-state index contributed by atoms with van der Waals surface area (Å²) in [7, 11) is 1.50. The molecule has 2 aromatic carbocycles. The molecule has 21 heavy (non-hydrogen) atoms. The van der Waals surface area contributed by atoms with Gasteiger partial charge in [-0.25, -0.2) is 4.39 Å². The number of nitrogens with one attached hydrogen (secondary N) is 1. The number of hydrogen-bond acceptors (Lipinski definition) is 4. The first-order valence-corrected chi connectivity index (χ1v) is 6.66. The zero-order valence-corrected chi connectivity index (χ0v) is 12.0. The summed E-state index contributed by atoms with van der Waals surface area (Å²) in [6.07, 6.45) is 0. The summed E-state index contributed by atoms with van der Waals surface area (Å²) >= 11 is 0. The molecule has 0 aliphatic carbocycles. The molecule has 0 amide bonds. The van der Waals surface area contributed by atoms with E-state index in [9.17, 15) is 9.50 Å². The number of benzene rings is 2. The highest BCUT2D eigenvalue weighted by Gasteiger charge is 2.06. The maximum atomic E-state index is 13.2. The van der Waals surface area contributed by atoms with Gasteiger partial charge in [0.15, 0.2) is 11.5 Å². The molecule has 0 aliphatic heterocycles. The molecule has 0 atom stereocenters. The molecular formula is C16H18FNO3. The molecule has 0 bridgehead atoms. The van der Waals surface area contributed by atoms with Crippen molar-refractivity contribution in [1.29, 1.82) is 0 Å². The van der Waals surface area contributed by atoms with Crippen LogP contribution in [0.3, 0.4) is 0 Å². The summed E-state index contributed by atoms with van der Waals surface area (Å²) < 4.78 is 23.6. The van der Waals surface area contributed by atoms with E-state index in [2.05, 4.69) is 5.32 Å². The van der Waals surface area contributed by atoms with Gasteiger partial charge in [-0.05, 0) is 36.8 Å². The van der Waals surface area contributed by atoms with E-state index < -0.39 is 0 Å². The quantitative estimate of drug-likeness (QED) is 0.854. The van der Waals surface area contributed by atoms with Crippen LogP contribution in [0.2, 0.25) is 0 Å². The number of phenolic OH excluding ortho intramolecular Hbond substituents is 1. The lowest BCUT2D eigenvalue weighted by atomic mass is 10.2. The highest BCUT2D eigenvalue weighted by Crippen LogP contribution is 2.28. The molecule has 0 aromatic heterocycles. The highest BCUT2D eigenvalue weighted by molar-refractivity contribution is 5.57. The maximum absolute atomic E-state index is 13.2. The third kappa shape index (κ3) is 3.78. The van der Waals surface area contributed by atoms with E-state index in [4.69, 9.17) is 9.47 Å². The van der Waals surface area contributed by atoms with Crippen LogP contribution in [0.25, 0.3) is 0 Å². The molecule has 112 valence electrons. The normalized spacial score (nSPS) is 10.2. The van der Waals surface area contributed by atoms with Crippen LogP contribution in [-0.2, 0) is 6.54 Å². The van der Waals surface area contributed by atoms with E-state index >= 15 is 0 Å². The largest absolute Gasteiger partial charge is 0.504 e. The first-order valence-electron chi connectivity index (χ1n) is 6.66. The molecule has 2 aromatic rings. The average Bonchev–Trinajstić information content (AvgIpc) is 2.47. The topological polar surface area (TPSA) is 50.7 Å². The molecule has 0 fully saturated rings. The molecule has 0 saturated heterocycles. The predicted molar refractivity (Wildman–Crippen MR) is 79.6 cm³/mol. The minimum absolute atomic E-state index is 0.0842. The predicted octanol–water partition coefficient (Wildman–Crippen LogP) is 3.55. The van der Waals surface area contributed by atoms with E-state index in [1.807, 2.05) is 13.0 Å². The van der Waals surface area contributed by atoms with Crippen LogP contribution in [0.4, 0.5) is 10.1 Å². The summed E-state index contributed by atoms with van der Waals surface area (Å²) in [5.41, 5.74) is 1.58. The van der Waals surface area contributed by atoms with Gasteiger partial charge in [-0.3, -0.25) is 0 Å². The second-order valence-electron chi connectivity index (χ2n) is 4.43. The third-order valence-corrected chi connectivity index (χ3v) is 2.97. The Balaban J connectivity index is 2.10. The van der Waals surface area contributed by atoms with Crippen LogP contribution in [0, 0.1) is 5.82 Å². The SMILES string of the molecule is CCOc1cc(F)ccc1NCc1ccc(OC)c(O)c1. The monoisotopic (exact) mass is 291 g/mol. The van der Waals surface area contributed by atoms with Crippen molar-refractivity contribution >= 4 is 5.69 Å². The molecule has 0 spiro atoms. The van der Waals surface area contributed by atoms with Crippen LogP contribution in [0.15, 0.2) is 36.4 Å². The van der Waals surface area contributed by atoms with Crippen LogP contribution >= 0.6 is 0 Å². The van der Waals surface area contributed by atoms with E-state index in [0.717, 1.165) is 5.56 Å². The smallest absolute Gasteiger partial charge is 0.160 e. The number of anilines is 1. The van der Waals surface area contributed by atoms with Crippen molar-refractivity contribution in [2.45, 2.75) is 13.5 Å². The minimum atomic E-state index is -0.342. The fourth-order valence-corrected chi connectivity index (χ4v) is 1.96. The number of phenols is 1. The Morgan fingerprint density at radius 1 is 1.14 bits per heavy atom. The molecule has 0 aliphatic rings. The molecular weight excluding hydrogens is 273 g/mol. The van der Waals surface area contributed by atoms with Gasteiger partial charge in [0.25, 0.3) is 0 Å². The second kappa shape index (κ2) is 6.83. The summed E-state index contributed by atoms with van der Waals surface area (Å²) in [5, 5.41) is 12.9. The standard InChI is InChI=1S/C16H18FNO3/c1-3-21-16-9-12(17)5-6-13(16)18-10-11-4-7-15(20-2)14(19)8-11/h4-9,18-19H,3,10H2,1-2H3. The Labute approximate surface area is 123 Å². The number of hydrogen-bond donors (Lipinski definition) is 2. The van der Waals surface area contributed by atoms with Crippen molar-refractivity contribution in [1.82, 2.24) is 0 Å². The Kier molecular flexibility index (Phi) is 4.87. The average molecular weight is 291 g/mol. The molecule has 0 radical (unpaired) electrons. The van der Waals surface area contributed by atoms with Crippen molar-refractivity contribution in [2.75, 3.05) is 19.0 Å². The summed E-state index contributed by atoms with van der Waals surface area (Å²) in [6, 6.07) is 9.50. The molecule has 0 unspecified atom stereocenters. The van der Waals surface area contributed by atoms with Crippen molar-refractivity contribution in [3.8, 4) is 17.2 Å².